The van der Waals surface area contributed by atoms with Gasteiger partial charge in [-0.3, -0.25) is 14.4 Å². The van der Waals surface area contributed by atoms with E-state index in [4.69, 9.17) is 0 Å². The molecule has 0 aromatic carbocycles. The summed E-state index contributed by atoms with van der Waals surface area (Å²) in [6, 6.07) is 0.363. The highest BCUT2D eigenvalue weighted by Gasteiger charge is 2.25. The van der Waals surface area contributed by atoms with Crippen LogP contribution in [0.2, 0.25) is 0 Å². The zero-order chi connectivity index (χ0) is 13.0. The molecule has 1 aliphatic carbocycles. The van der Waals surface area contributed by atoms with Gasteiger partial charge in [-0.1, -0.05) is 0 Å². The highest BCUT2D eigenvalue weighted by atomic mass is 16.2. The van der Waals surface area contributed by atoms with E-state index in [0.717, 1.165) is 12.8 Å². The second-order valence-corrected chi connectivity index (χ2v) is 4.92. The van der Waals surface area contributed by atoms with Crippen LogP contribution in [0.5, 0.6) is 0 Å². The summed E-state index contributed by atoms with van der Waals surface area (Å²) in [4.78, 5) is 34.0. The van der Waals surface area contributed by atoms with Crippen LogP contribution in [0.1, 0.15) is 32.1 Å². The van der Waals surface area contributed by atoms with E-state index in [9.17, 15) is 14.4 Å². The van der Waals surface area contributed by atoms with E-state index >= 15 is 0 Å². The average molecular weight is 253 g/mol. The van der Waals surface area contributed by atoms with E-state index in [1.165, 1.54) is 0 Å². The Bertz CT molecular complexity index is 342. The topological polar surface area (TPSA) is 87.3 Å². The van der Waals surface area contributed by atoms with Crippen molar-refractivity contribution in [2.75, 3.05) is 13.1 Å². The van der Waals surface area contributed by atoms with E-state index in [-0.39, 0.29) is 23.6 Å². The molecule has 3 N–H and O–H groups in total. The Kier molecular flexibility index (Phi) is 4.17. The van der Waals surface area contributed by atoms with Gasteiger partial charge in [-0.15, -0.1) is 0 Å². The number of hydrogen-bond acceptors (Lipinski definition) is 3. The SMILES string of the molecule is O=C1CCC(C(=O)NCCC(=O)NC2CC2)CN1. The molecule has 2 aliphatic rings. The third kappa shape index (κ3) is 4.01. The number of carbonyl (C=O) groups excluding carboxylic acids is 3. The van der Waals surface area contributed by atoms with E-state index < -0.39 is 0 Å². The van der Waals surface area contributed by atoms with Gasteiger partial charge in [0.25, 0.3) is 0 Å². The lowest BCUT2D eigenvalue weighted by molar-refractivity contribution is -0.128. The fraction of sp³-hybridized carbons (Fsp3) is 0.750. The summed E-state index contributed by atoms with van der Waals surface area (Å²) in [6.45, 7) is 0.765. The highest BCUT2D eigenvalue weighted by molar-refractivity contribution is 5.84. The van der Waals surface area contributed by atoms with E-state index in [1.54, 1.807) is 0 Å². The van der Waals surface area contributed by atoms with Crippen molar-refractivity contribution in [3.05, 3.63) is 0 Å². The molecule has 2 rings (SSSR count). The van der Waals surface area contributed by atoms with Crippen molar-refractivity contribution < 1.29 is 14.4 Å². The number of hydrogen-bond donors (Lipinski definition) is 3. The van der Waals surface area contributed by atoms with Crippen molar-refractivity contribution in [1.29, 1.82) is 0 Å². The third-order valence-electron chi connectivity index (χ3n) is 3.23. The minimum absolute atomic E-state index is 0.00265. The lowest BCUT2D eigenvalue weighted by Gasteiger charge is -2.21. The normalized spacial score (nSPS) is 23.1. The Hall–Kier alpha value is -1.59. The van der Waals surface area contributed by atoms with Crippen LogP contribution in [0.25, 0.3) is 0 Å². The van der Waals surface area contributed by atoms with Crippen molar-refractivity contribution in [3.8, 4) is 0 Å². The standard InChI is InChI=1S/C12H19N3O3/c16-10-4-1-8(7-14-10)12(18)13-6-5-11(17)15-9-2-3-9/h8-9H,1-7H2,(H,13,18)(H,14,16)(H,15,17). The summed E-state index contributed by atoms with van der Waals surface area (Å²) in [6.07, 6.45) is 3.45. The van der Waals surface area contributed by atoms with Crippen LogP contribution in [-0.4, -0.2) is 36.9 Å². The second-order valence-electron chi connectivity index (χ2n) is 4.92. The van der Waals surface area contributed by atoms with Crippen molar-refractivity contribution in [1.82, 2.24) is 16.0 Å². The molecule has 0 aromatic heterocycles. The third-order valence-corrected chi connectivity index (χ3v) is 3.23. The van der Waals surface area contributed by atoms with Crippen LogP contribution in [0.15, 0.2) is 0 Å². The quantitative estimate of drug-likeness (QED) is 0.605. The van der Waals surface area contributed by atoms with Crippen LogP contribution in [0, 0.1) is 5.92 Å². The summed E-state index contributed by atoms with van der Waals surface area (Å²) in [5.74, 6) is -0.235. The van der Waals surface area contributed by atoms with Crippen LogP contribution in [-0.2, 0) is 14.4 Å². The molecule has 100 valence electrons. The lowest BCUT2D eigenvalue weighted by atomic mass is 9.98. The summed E-state index contributed by atoms with van der Waals surface area (Å²) < 4.78 is 0. The Labute approximate surface area is 106 Å². The number of nitrogens with one attached hydrogen (secondary N) is 3. The first-order valence-corrected chi connectivity index (χ1v) is 6.49. The van der Waals surface area contributed by atoms with Gasteiger partial charge in [-0.05, 0) is 19.3 Å². The predicted molar refractivity (Wildman–Crippen MR) is 64.5 cm³/mol. The first kappa shape index (κ1) is 12.9. The molecule has 3 amide bonds. The maximum atomic E-state index is 11.7. The number of piperidine rings is 1. The van der Waals surface area contributed by atoms with Crippen molar-refractivity contribution in [2.24, 2.45) is 5.92 Å². The predicted octanol–water partition coefficient (Wildman–Crippen LogP) is -0.702. The molecule has 1 unspecified atom stereocenters. The molecule has 1 heterocycles. The van der Waals surface area contributed by atoms with E-state index in [0.29, 0.717) is 38.4 Å². The van der Waals surface area contributed by atoms with Gasteiger partial charge in [0, 0.05) is 32.0 Å². The maximum Gasteiger partial charge on any atom is 0.224 e. The van der Waals surface area contributed by atoms with Crippen LogP contribution >= 0.6 is 0 Å². The monoisotopic (exact) mass is 253 g/mol. The first-order valence-electron chi connectivity index (χ1n) is 6.49. The van der Waals surface area contributed by atoms with Gasteiger partial charge in [0.15, 0.2) is 0 Å². The molecule has 2 fully saturated rings. The minimum Gasteiger partial charge on any atom is -0.355 e. The smallest absolute Gasteiger partial charge is 0.224 e. The second kappa shape index (κ2) is 5.84. The maximum absolute atomic E-state index is 11.7. The Morgan fingerprint density at radius 3 is 2.67 bits per heavy atom. The van der Waals surface area contributed by atoms with Gasteiger partial charge in [0.05, 0.1) is 5.92 Å². The molecular weight excluding hydrogens is 234 g/mol. The number of amides is 3. The molecule has 1 saturated carbocycles. The van der Waals surface area contributed by atoms with E-state index in [2.05, 4.69) is 16.0 Å². The average Bonchev–Trinajstić information content (AvgIpc) is 3.13. The molecule has 0 aromatic rings. The van der Waals surface area contributed by atoms with Gasteiger partial charge < -0.3 is 16.0 Å². The van der Waals surface area contributed by atoms with Gasteiger partial charge in [0.1, 0.15) is 0 Å². The van der Waals surface area contributed by atoms with Crippen molar-refractivity contribution in [2.45, 2.75) is 38.1 Å². The fourth-order valence-corrected chi connectivity index (χ4v) is 1.93. The zero-order valence-corrected chi connectivity index (χ0v) is 10.3. The molecular formula is C12H19N3O3. The first-order chi connectivity index (χ1) is 8.65. The van der Waals surface area contributed by atoms with Crippen molar-refractivity contribution >= 4 is 17.7 Å². The molecule has 6 heteroatoms. The molecule has 0 radical (unpaired) electrons. The van der Waals surface area contributed by atoms with Crippen LogP contribution < -0.4 is 16.0 Å². The lowest BCUT2D eigenvalue weighted by Crippen LogP contribution is -2.43. The summed E-state index contributed by atoms with van der Waals surface area (Å²) >= 11 is 0. The molecule has 0 spiro atoms. The zero-order valence-electron chi connectivity index (χ0n) is 10.3. The largest absolute Gasteiger partial charge is 0.355 e. The van der Waals surface area contributed by atoms with Gasteiger partial charge in [0.2, 0.25) is 17.7 Å². The number of carbonyl (C=O) groups is 3. The molecule has 6 nitrogen and oxygen atoms in total. The Morgan fingerprint density at radius 2 is 2.06 bits per heavy atom. The van der Waals surface area contributed by atoms with Gasteiger partial charge >= 0.3 is 0 Å². The van der Waals surface area contributed by atoms with Crippen molar-refractivity contribution in [3.63, 3.8) is 0 Å². The van der Waals surface area contributed by atoms with E-state index in [1.807, 2.05) is 0 Å². The molecule has 1 aliphatic heterocycles. The Morgan fingerprint density at radius 1 is 1.28 bits per heavy atom. The molecule has 18 heavy (non-hydrogen) atoms. The highest BCUT2D eigenvalue weighted by Crippen LogP contribution is 2.18. The fourth-order valence-electron chi connectivity index (χ4n) is 1.93. The van der Waals surface area contributed by atoms with Crippen LogP contribution in [0.3, 0.4) is 0 Å². The van der Waals surface area contributed by atoms with Gasteiger partial charge in [-0.2, -0.15) is 0 Å². The number of rotatable bonds is 5. The summed E-state index contributed by atoms with van der Waals surface area (Å²) in [7, 11) is 0. The Balaban J connectivity index is 1.59. The molecule has 1 saturated heterocycles. The summed E-state index contributed by atoms with van der Waals surface area (Å²) in [5.41, 5.74) is 0. The summed E-state index contributed by atoms with van der Waals surface area (Å²) in [5, 5.41) is 8.27. The van der Waals surface area contributed by atoms with Crippen LogP contribution in [0.4, 0.5) is 0 Å². The van der Waals surface area contributed by atoms with Gasteiger partial charge in [-0.25, -0.2) is 0 Å². The molecule has 1 atom stereocenters. The molecule has 0 bridgehead atoms. The minimum atomic E-state index is -0.158.